The van der Waals surface area contributed by atoms with Crippen molar-refractivity contribution in [1.29, 1.82) is 0 Å². The topological polar surface area (TPSA) is 37.3 Å². The monoisotopic (exact) mass is 206 g/mol. The van der Waals surface area contributed by atoms with E-state index in [1.54, 1.807) is 0 Å². The normalized spacial score (nSPS) is 12.9. The van der Waals surface area contributed by atoms with E-state index in [0.717, 1.165) is 12.1 Å². The Morgan fingerprint density at radius 2 is 1.85 bits per heavy atom. The minimum Gasteiger partial charge on any atom is -0.391 e. The third-order valence-corrected chi connectivity index (χ3v) is 2.50. The van der Waals surface area contributed by atoms with E-state index in [0.29, 0.717) is 0 Å². The van der Waals surface area contributed by atoms with Crippen molar-refractivity contribution >= 4 is 10.8 Å². The Bertz CT molecular complexity index is 329. The average Bonchev–Trinajstić information content (AvgIpc) is 2.03. The molecule has 2 nitrogen and oxygen atoms in total. The summed E-state index contributed by atoms with van der Waals surface area (Å²) in [6.45, 7) is -0.700. The second-order valence-electron chi connectivity index (χ2n) is 2.48. The molecule has 1 aromatic carbocycles. The van der Waals surface area contributed by atoms with E-state index in [-0.39, 0.29) is 4.90 Å². The molecule has 1 N–H and O–H groups in total. The number of hydrogen-bond acceptors (Lipinski definition) is 2. The summed E-state index contributed by atoms with van der Waals surface area (Å²) in [6, 6.07) is 1.93. The lowest BCUT2D eigenvalue weighted by molar-refractivity contribution is 0.268. The van der Waals surface area contributed by atoms with Crippen molar-refractivity contribution < 1.29 is 18.1 Å². The molecule has 0 saturated heterocycles. The van der Waals surface area contributed by atoms with Crippen molar-refractivity contribution in [2.45, 2.75) is 11.5 Å². The average molecular weight is 206 g/mol. The summed E-state index contributed by atoms with van der Waals surface area (Å²) in [7, 11) is -1.42. The summed E-state index contributed by atoms with van der Waals surface area (Å²) >= 11 is 0. The molecule has 0 spiro atoms. The van der Waals surface area contributed by atoms with E-state index in [1.807, 2.05) is 0 Å². The van der Waals surface area contributed by atoms with Gasteiger partial charge in [0.1, 0.15) is 11.6 Å². The fraction of sp³-hybridized carbons (Fsp3) is 0.250. The van der Waals surface area contributed by atoms with E-state index in [4.69, 9.17) is 5.11 Å². The van der Waals surface area contributed by atoms with Crippen molar-refractivity contribution in [2.75, 3.05) is 6.26 Å². The lowest BCUT2D eigenvalue weighted by Crippen LogP contribution is -1.98. The minimum absolute atomic E-state index is 0.0761. The molecule has 0 aliphatic heterocycles. The second-order valence-corrected chi connectivity index (χ2v) is 3.86. The Hall–Kier alpha value is -0.810. The molecule has 0 fully saturated rings. The molecular weight excluding hydrogens is 198 g/mol. The van der Waals surface area contributed by atoms with Crippen LogP contribution >= 0.6 is 0 Å². The molecule has 0 radical (unpaired) electrons. The van der Waals surface area contributed by atoms with Crippen LogP contribution < -0.4 is 0 Å². The van der Waals surface area contributed by atoms with E-state index >= 15 is 0 Å². The van der Waals surface area contributed by atoms with Gasteiger partial charge in [0.05, 0.1) is 6.61 Å². The van der Waals surface area contributed by atoms with Gasteiger partial charge in [0, 0.05) is 27.5 Å². The van der Waals surface area contributed by atoms with Gasteiger partial charge in [0.2, 0.25) is 0 Å². The predicted molar refractivity (Wildman–Crippen MR) is 44.6 cm³/mol. The SMILES string of the molecule is CS(=O)c1cc(F)c(CO)c(F)c1. The summed E-state index contributed by atoms with van der Waals surface area (Å²) in [5.74, 6) is -1.74. The number of aliphatic hydroxyl groups is 1. The third-order valence-electron chi connectivity index (χ3n) is 1.60. The zero-order chi connectivity index (χ0) is 10.0. The van der Waals surface area contributed by atoms with E-state index in [9.17, 15) is 13.0 Å². The molecule has 1 unspecified atom stereocenters. The zero-order valence-corrected chi connectivity index (χ0v) is 7.70. The van der Waals surface area contributed by atoms with Gasteiger partial charge in [-0.15, -0.1) is 0 Å². The van der Waals surface area contributed by atoms with Crippen LogP contribution in [-0.4, -0.2) is 15.6 Å². The fourth-order valence-corrected chi connectivity index (χ4v) is 1.44. The number of aliphatic hydroxyl groups excluding tert-OH is 1. The fourth-order valence-electron chi connectivity index (χ4n) is 0.897. The highest BCUT2D eigenvalue weighted by atomic mass is 32.2. The molecule has 0 aromatic heterocycles. The van der Waals surface area contributed by atoms with E-state index < -0.39 is 34.6 Å². The van der Waals surface area contributed by atoms with Gasteiger partial charge in [-0.1, -0.05) is 0 Å². The summed E-state index contributed by atoms with van der Waals surface area (Å²) in [5.41, 5.74) is -0.394. The van der Waals surface area contributed by atoms with Crippen LogP contribution in [0.1, 0.15) is 5.56 Å². The first-order valence-corrected chi connectivity index (χ1v) is 5.04. The number of halogens is 2. The molecule has 0 heterocycles. The van der Waals surface area contributed by atoms with Crippen molar-refractivity contribution in [2.24, 2.45) is 0 Å². The van der Waals surface area contributed by atoms with Gasteiger partial charge in [-0.05, 0) is 12.1 Å². The van der Waals surface area contributed by atoms with Crippen LogP contribution in [0, 0.1) is 11.6 Å². The maximum Gasteiger partial charge on any atom is 0.132 e. The number of rotatable bonds is 2. The standard InChI is InChI=1S/C8H8F2O2S/c1-13(12)5-2-7(9)6(4-11)8(10)3-5/h2-3,11H,4H2,1H3. The largest absolute Gasteiger partial charge is 0.391 e. The van der Waals surface area contributed by atoms with Crippen LogP contribution in [-0.2, 0) is 17.4 Å². The van der Waals surface area contributed by atoms with Crippen LogP contribution in [0.4, 0.5) is 8.78 Å². The smallest absolute Gasteiger partial charge is 0.132 e. The van der Waals surface area contributed by atoms with Crippen molar-refractivity contribution in [1.82, 2.24) is 0 Å². The molecule has 1 rings (SSSR count). The predicted octanol–water partition coefficient (Wildman–Crippen LogP) is 1.19. The van der Waals surface area contributed by atoms with Crippen LogP contribution in [0.2, 0.25) is 0 Å². The molecule has 0 aliphatic rings. The molecule has 0 amide bonds. The molecule has 0 saturated carbocycles. The molecule has 72 valence electrons. The molecule has 1 aromatic rings. The van der Waals surface area contributed by atoms with E-state index in [2.05, 4.69) is 0 Å². The van der Waals surface area contributed by atoms with E-state index in [1.165, 1.54) is 6.26 Å². The lowest BCUT2D eigenvalue weighted by atomic mass is 10.2. The molecular formula is C8H8F2O2S. The first kappa shape index (κ1) is 10.3. The summed E-state index contributed by atoms with van der Waals surface area (Å²) in [4.78, 5) is 0.0761. The summed E-state index contributed by atoms with van der Waals surface area (Å²) in [5, 5.41) is 8.57. The maximum absolute atomic E-state index is 12.9. The third kappa shape index (κ3) is 2.10. The second kappa shape index (κ2) is 3.93. The molecule has 13 heavy (non-hydrogen) atoms. The zero-order valence-electron chi connectivity index (χ0n) is 6.88. The van der Waals surface area contributed by atoms with Gasteiger partial charge >= 0.3 is 0 Å². The molecule has 0 aliphatic carbocycles. The lowest BCUT2D eigenvalue weighted by Gasteiger charge is -2.03. The van der Waals surface area contributed by atoms with Crippen LogP contribution in [0.25, 0.3) is 0 Å². The number of benzene rings is 1. The van der Waals surface area contributed by atoms with Crippen LogP contribution in [0.5, 0.6) is 0 Å². The van der Waals surface area contributed by atoms with Gasteiger partial charge in [0.25, 0.3) is 0 Å². The van der Waals surface area contributed by atoms with Crippen molar-refractivity contribution in [3.8, 4) is 0 Å². The molecule has 0 bridgehead atoms. The Morgan fingerprint density at radius 3 is 2.15 bits per heavy atom. The highest BCUT2D eigenvalue weighted by molar-refractivity contribution is 7.84. The molecule has 1 atom stereocenters. The van der Waals surface area contributed by atoms with Gasteiger partial charge in [-0.2, -0.15) is 0 Å². The first-order chi connectivity index (χ1) is 6.06. The Kier molecular flexibility index (Phi) is 3.11. The maximum atomic E-state index is 12.9. The number of hydrogen-bond donors (Lipinski definition) is 1. The van der Waals surface area contributed by atoms with Gasteiger partial charge in [0.15, 0.2) is 0 Å². The van der Waals surface area contributed by atoms with Gasteiger partial charge < -0.3 is 5.11 Å². The first-order valence-electron chi connectivity index (χ1n) is 3.48. The van der Waals surface area contributed by atoms with Crippen LogP contribution in [0.3, 0.4) is 0 Å². The Labute approximate surface area is 76.7 Å². The van der Waals surface area contributed by atoms with Gasteiger partial charge in [-0.3, -0.25) is 4.21 Å². The quantitative estimate of drug-likeness (QED) is 0.789. The van der Waals surface area contributed by atoms with Crippen molar-refractivity contribution in [3.05, 3.63) is 29.3 Å². The highest BCUT2D eigenvalue weighted by Crippen LogP contribution is 2.17. The molecule has 5 heteroatoms. The van der Waals surface area contributed by atoms with Gasteiger partial charge in [-0.25, -0.2) is 8.78 Å². The minimum atomic E-state index is -1.42. The highest BCUT2D eigenvalue weighted by Gasteiger charge is 2.11. The Morgan fingerprint density at radius 1 is 1.38 bits per heavy atom. The summed E-state index contributed by atoms with van der Waals surface area (Å²) < 4.78 is 36.7. The summed E-state index contributed by atoms with van der Waals surface area (Å²) in [6.07, 6.45) is 1.33. The Balaban J connectivity index is 3.28. The van der Waals surface area contributed by atoms with Crippen LogP contribution in [0.15, 0.2) is 17.0 Å². The van der Waals surface area contributed by atoms with Crippen molar-refractivity contribution in [3.63, 3.8) is 0 Å².